The van der Waals surface area contributed by atoms with E-state index in [1.54, 1.807) is 17.5 Å². The standard InChI is InChI=1S/C36H21FN3S.C14H16GeN.Ir/c37-33-21-32-29(22-38-33)27-17-10-18-28(35(27)41-32)36-39-30-19-7-8-20-31(30)40(36)34-25(23-11-3-1-4-12-23)15-9-16-26(34)24-13-5-2-6-14-24;1-15(2,3)13-9-10-14(16-11-13)12-7-5-4-6-8-12;/h1-17,19-22H;4-7,9-11H,1-3H3;/q2*-1;. The zero-order valence-electron chi connectivity index (χ0n) is 32.1. The number of pyridine rings is 2. The number of halogens is 1. The number of imidazole rings is 1. The van der Waals surface area contributed by atoms with Crippen molar-refractivity contribution in [3.8, 4) is 50.6 Å². The molecule has 0 saturated carbocycles. The van der Waals surface area contributed by atoms with Crippen LogP contribution < -0.4 is 4.40 Å². The third-order valence-electron chi connectivity index (χ3n) is 10.1. The van der Waals surface area contributed by atoms with Gasteiger partial charge >= 0.3 is 99.8 Å². The summed E-state index contributed by atoms with van der Waals surface area (Å²) in [5, 5.41) is 1.95. The van der Waals surface area contributed by atoms with Gasteiger partial charge in [-0.2, -0.15) is 15.7 Å². The minimum atomic E-state index is -1.72. The van der Waals surface area contributed by atoms with Gasteiger partial charge in [0.05, 0.1) is 22.5 Å². The van der Waals surface area contributed by atoms with Crippen LogP contribution in [0.5, 0.6) is 0 Å². The van der Waals surface area contributed by atoms with Crippen LogP contribution in [0, 0.1) is 18.1 Å². The molecule has 58 heavy (non-hydrogen) atoms. The van der Waals surface area contributed by atoms with Crippen LogP contribution in [0.25, 0.3) is 81.8 Å². The van der Waals surface area contributed by atoms with Gasteiger partial charge in [0.25, 0.3) is 0 Å². The van der Waals surface area contributed by atoms with Crippen LogP contribution in [0.4, 0.5) is 4.39 Å². The number of benzene rings is 6. The summed E-state index contributed by atoms with van der Waals surface area (Å²) in [5.74, 6) is 7.45. The van der Waals surface area contributed by atoms with E-state index in [9.17, 15) is 4.39 Å². The molecule has 0 spiro atoms. The number of hydrogen-bond donors (Lipinski definition) is 0. The third kappa shape index (κ3) is 7.71. The molecule has 0 saturated heterocycles. The number of rotatable bonds is 6. The Labute approximate surface area is 357 Å². The summed E-state index contributed by atoms with van der Waals surface area (Å²) in [6, 6.07) is 60.1. The Morgan fingerprint density at radius 3 is 1.98 bits per heavy atom. The number of para-hydroxylation sites is 3. The third-order valence-corrected chi connectivity index (χ3v) is 15.6. The SMILES string of the molecule is Fc1cc2sc3c(-c4nc5ccccc5n4-c4c(-c5ccccc5)cccc4-c4ccccc4)[c-]ccc3c2cn1.[CH3][Ge]([CH3])([CH3])[c]1ccc(-c2[c-]cccc2)nc1.[Ir]. The van der Waals surface area contributed by atoms with Crippen molar-refractivity contribution in [3.63, 3.8) is 0 Å². The maximum Gasteiger partial charge on any atom is 0 e. The molecule has 0 aliphatic rings. The van der Waals surface area contributed by atoms with Gasteiger partial charge in [-0.25, -0.2) is 4.98 Å². The van der Waals surface area contributed by atoms with Gasteiger partial charge in [0.1, 0.15) is 0 Å². The molecule has 0 atom stereocenters. The first kappa shape index (κ1) is 39.3. The summed E-state index contributed by atoms with van der Waals surface area (Å²) in [6.45, 7) is 0. The largest absolute Gasteiger partial charge is 0 e. The molecule has 0 N–H and O–H groups in total. The summed E-state index contributed by atoms with van der Waals surface area (Å²) in [4.78, 5) is 13.7. The number of thiophene rings is 1. The molecule has 4 heterocycles. The van der Waals surface area contributed by atoms with Gasteiger partial charge in [-0.1, -0.05) is 102 Å². The molecule has 285 valence electrons. The van der Waals surface area contributed by atoms with Crippen LogP contribution >= 0.6 is 11.3 Å². The average Bonchev–Trinajstić information content (AvgIpc) is 3.82. The van der Waals surface area contributed by atoms with E-state index < -0.39 is 19.2 Å². The molecule has 0 aliphatic carbocycles. The minimum Gasteiger partial charge on any atom is 0 e. The fraction of sp³-hybridized carbons (Fsp3) is 0.0600. The van der Waals surface area contributed by atoms with Crippen LogP contribution in [0.1, 0.15) is 0 Å². The van der Waals surface area contributed by atoms with Crippen LogP contribution in [-0.4, -0.2) is 32.8 Å². The molecule has 0 unspecified atom stereocenters. The van der Waals surface area contributed by atoms with E-state index in [1.807, 2.05) is 66.9 Å². The number of aromatic nitrogens is 4. The molecule has 4 aromatic heterocycles. The van der Waals surface area contributed by atoms with Gasteiger partial charge in [0, 0.05) is 48.2 Å². The monoisotopic (exact) mass is 1010 g/mol. The number of hydrogen-bond acceptors (Lipinski definition) is 4. The van der Waals surface area contributed by atoms with Crippen molar-refractivity contribution in [1.82, 2.24) is 19.5 Å². The van der Waals surface area contributed by atoms with Gasteiger partial charge in [0.15, 0.2) is 0 Å². The fourth-order valence-corrected chi connectivity index (χ4v) is 10.6. The Balaban J connectivity index is 0.000000233. The average molecular weight is 1010 g/mol. The molecule has 0 amide bonds. The topological polar surface area (TPSA) is 43.6 Å². The minimum absolute atomic E-state index is 0. The normalized spacial score (nSPS) is 11.3. The van der Waals surface area contributed by atoms with Gasteiger partial charge in [-0.15, -0.1) is 18.2 Å². The second kappa shape index (κ2) is 16.7. The van der Waals surface area contributed by atoms with E-state index in [2.05, 4.69) is 135 Å². The molecule has 0 fully saturated rings. The first-order valence-corrected chi connectivity index (χ1v) is 27.0. The number of nitrogens with zero attached hydrogens (tertiary/aromatic N) is 4. The predicted molar refractivity (Wildman–Crippen MR) is 238 cm³/mol. The quantitative estimate of drug-likeness (QED) is 0.0947. The predicted octanol–water partition coefficient (Wildman–Crippen LogP) is 12.8. The molecule has 0 bridgehead atoms. The van der Waals surface area contributed by atoms with E-state index in [0.717, 1.165) is 81.8 Å². The fourth-order valence-electron chi connectivity index (χ4n) is 7.23. The molecular formula is C50H37FGeIrN4S-2. The van der Waals surface area contributed by atoms with Crippen LogP contribution in [-0.2, 0) is 20.1 Å². The summed E-state index contributed by atoms with van der Waals surface area (Å²) < 4.78 is 19.7. The first-order valence-electron chi connectivity index (χ1n) is 18.9. The molecule has 10 aromatic rings. The van der Waals surface area contributed by atoms with E-state index in [-0.39, 0.29) is 20.1 Å². The Morgan fingerprint density at radius 2 is 1.33 bits per heavy atom. The molecule has 6 aromatic carbocycles. The maximum absolute atomic E-state index is 14.1. The summed E-state index contributed by atoms with van der Waals surface area (Å²) in [6.07, 6.45) is 3.66. The van der Waals surface area contributed by atoms with E-state index >= 15 is 0 Å². The molecule has 1 radical (unpaired) electrons. The molecule has 4 nitrogen and oxygen atoms in total. The van der Waals surface area contributed by atoms with Crippen LogP contribution in [0.15, 0.2) is 170 Å². The summed E-state index contributed by atoms with van der Waals surface area (Å²) in [5.41, 5.74) is 10.3. The molecule has 8 heteroatoms. The van der Waals surface area contributed by atoms with Gasteiger partial charge in [-0.3, -0.25) is 4.98 Å². The van der Waals surface area contributed by atoms with Crippen molar-refractivity contribution in [2.24, 2.45) is 0 Å². The summed E-state index contributed by atoms with van der Waals surface area (Å²) in [7, 11) is 0. The van der Waals surface area contributed by atoms with Crippen molar-refractivity contribution in [2.45, 2.75) is 17.3 Å². The summed E-state index contributed by atoms with van der Waals surface area (Å²) >= 11 is -0.168. The Morgan fingerprint density at radius 1 is 0.638 bits per heavy atom. The van der Waals surface area contributed by atoms with Gasteiger partial charge in [-0.05, 0) is 33.3 Å². The van der Waals surface area contributed by atoms with Crippen molar-refractivity contribution in [1.29, 1.82) is 0 Å². The number of fused-ring (bicyclic) bond motifs is 4. The van der Waals surface area contributed by atoms with Gasteiger partial charge in [0.2, 0.25) is 5.95 Å². The van der Waals surface area contributed by atoms with Crippen LogP contribution in [0.3, 0.4) is 0 Å². The maximum atomic E-state index is 14.1. The van der Waals surface area contributed by atoms with E-state index in [4.69, 9.17) is 4.98 Å². The van der Waals surface area contributed by atoms with Crippen molar-refractivity contribution in [3.05, 3.63) is 188 Å². The van der Waals surface area contributed by atoms with Crippen LogP contribution in [0.2, 0.25) is 17.3 Å². The molecule has 0 aliphatic heterocycles. The first-order chi connectivity index (χ1) is 27.8. The second-order valence-electron chi connectivity index (χ2n) is 14.9. The van der Waals surface area contributed by atoms with Gasteiger partial charge < -0.3 is 4.57 Å². The van der Waals surface area contributed by atoms with Crippen molar-refractivity contribution in [2.75, 3.05) is 0 Å². The van der Waals surface area contributed by atoms with E-state index in [1.165, 1.54) is 10.5 Å². The van der Waals surface area contributed by atoms with Crippen molar-refractivity contribution < 1.29 is 24.5 Å². The Bertz CT molecular complexity index is 2940. The zero-order valence-corrected chi connectivity index (χ0v) is 37.4. The smallest absolute Gasteiger partial charge is 0 e. The molecule has 10 rings (SSSR count). The second-order valence-corrected chi connectivity index (χ2v) is 26.6. The zero-order chi connectivity index (χ0) is 38.9. The Kier molecular flexibility index (Phi) is 11.3. The molecular weight excluding hydrogens is 972 g/mol. The van der Waals surface area contributed by atoms with Crippen molar-refractivity contribution >= 4 is 60.2 Å². The van der Waals surface area contributed by atoms with E-state index in [0.29, 0.717) is 0 Å². The Hall–Kier alpha value is -5.57.